The first-order valence-electron chi connectivity index (χ1n) is 6.05. The standard InChI is InChI=1S/C11H17F3N2O/c12-11(13,14)10(6-17-7-10)16-3-8-1-9(2-8)4-15-5-9/h8,15-16H,1-7H2. The zero-order valence-corrected chi connectivity index (χ0v) is 9.57. The van der Waals surface area contributed by atoms with E-state index in [4.69, 9.17) is 4.74 Å². The zero-order valence-electron chi connectivity index (χ0n) is 9.57. The van der Waals surface area contributed by atoms with Crippen LogP contribution in [-0.4, -0.2) is 44.6 Å². The molecule has 2 heterocycles. The molecule has 0 bridgehead atoms. The fourth-order valence-electron chi connectivity index (χ4n) is 3.09. The monoisotopic (exact) mass is 250 g/mol. The number of ether oxygens (including phenoxy) is 1. The number of hydrogen-bond donors (Lipinski definition) is 2. The Morgan fingerprint density at radius 1 is 1.24 bits per heavy atom. The summed E-state index contributed by atoms with van der Waals surface area (Å²) in [7, 11) is 0. The fourth-order valence-corrected chi connectivity index (χ4v) is 3.09. The van der Waals surface area contributed by atoms with Gasteiger partial charge in [-0.1, -0.05) is 0 Å². The van der Waals surface area contributed by atoms with E-state index < -0.39 is 11.7 Å². The van der Waals surface area contributed by atoms with E-state index in [9.17, 15) is 13.2 Å². The SMILES string of the molecule is FC(F)(F)C1(NCC2CC3(CNC3)C2)COC1. The molecule has 6 heteroatoms. The van der Waals surface area contributed by atoms with E-state index in [0.717, 1.165) is 25.9 Å². The lowest BCUT2D eigenvalue weighted by molar-refractivity contribution is -0.268. The second-order valence-electron chi connectivity index (χ2n) is 5.83. The highest BCUT2D eigenvalue weighted by molar-refractivity contribution is 5.06. The van der Waals surface area contributed by atoms with Crippen molar-refractivity contribution in [2.24, 2.45) is 11.3 Å². The second kappa shape index (κ2) is 3.59. The molecule has 0 aromatic heterocycles. The van der Waals surface area contributed by atoms with Crippen LogP contribution >= 0.6 is 0 Å². The van der Waals surface area contributed by atoms with Gasteiger partial charge in [0.1, 0.15) is 0 Å². The van der Waals surface area contributed by atoms with Gasteiger partial charge in [0.15, 0.2) is 5.54 Å². The van der Waals surface area contributed by atoms with Crippen molar-refractivity contribution in [1.29, 1.82) is 0 Å². The van der Waals surface area contributed by atoms with Gasteiger partial charge in [0.2, 0.25) is 0 Å². The minimum Gasteiger partial charge on any atom is -0.377 e. The third-order valence-corrected chi connectivity index (χ3v) is 4.41. The van der Waals surface area contributed by atoms with Crippen LogP contribution in [0.5, 0.6) is 0 Å². The lowest BCUT2D eigenvalue weighted by atomic mass is 9.58. The molecule has 1 saturated carbocycles. The van der Waals surface area contributed by atoms with Gasteiger partial charge in [-0.25, -0.2) is 0 Å². The van der Waals surface area contributed by atoms with Crippen LogP contribution in [0, 0.1) is 11.3 Å². The Morgan fingerprint density at radius 2 is 1.88 bits per heavy atom. The third kappa shape index (κ3) is 1.77. The molecule has 0 aromatic carbocycles. The van der Waals surface area contributed by atoms with E-state index in [1.54, 1.807) is 0 Å². The Labute approximate surface area is 98.1 Å². The van der Waals surface area contributed by atoms with E-state index >= 15 is 0 Å². The summed E-state index contributed by atoms with van der Waals surface area (Å²) < 4.78 is 43.1. The number of hydrogen-bond acceptors (Lipinski definition) is 3. The van der Waals surface area contributed by atoms with Gasteiger partial charge in [0.25, 0.3) is 0 Å². The normalized spacial score (nSPS) is 30.5. The lowest BCUT2D eigenvalue weighted by Gasteiger charge is -2.55. The van der Waals surface area contributed by atoms with Crippen LogP contribution < -0.4 is 10.6 Å². The number of nitrogens with one attached hydrogen (secondary N) is 2. The van der Waals surface area contributed by atoms with Crippen molar-refractivity contribution in [2.75, 3.05) is 32.8 Å². The average Bonchev–Trinajstić information content (AvgIpc) is 1.99. The van der Waals surface area contributed by atoms with Crippen molar-refractivity contribution >= 4 is 0 Å². The molecule has 3 rings (SSSR count). The van der Waals surface area contributed by atoms with Crippen molar-refractivity contribution < 1.29 is 17.9 Å². The molecular formula is C11H17F3N2O. The average molecular weight is 250 g/mol. The summed E-state index contributed by atoms with van der Waals surface area (Å²) in [6, 6.07) is 0. The smallest absolute Gasteiger partial charge is 0.377 e. The molecule has 0 unspecified atom stereocenters. The molecule has 3 aliphatic rings. The van der Waals surface area contributed by atoms with Crippen molar-refractivity contribution in [2.45, 2.75) is 24.6 Å². The van der Waals surface area contributed by atoms with E-state index in [2.05, 4.69) is 10.6 Å². The molecule has 17 heavy (non-hydrogen) atoms. The first-order chi connectivity index (χ1) is 7.95. The van der Waals surface area contributed by atoms with Gasteiger partial charge >= 0.3 is 6.18 Å². The first-order valence-corrected chi connectivity index (χ1v) is 6.05. The third-order valence-electron chi connectivity index (χ3n) is 4.41. The molecule has 0 amide bonds. The summed E-state index contributed by atoms with van der Waals surface area (Å²) in [5.74, 6) is 0.400. The lowest BCUT2D eigenvalue weighted by Crippen LogP contribution is -2.71. The molecule has 2 aliphatic heterocycles. The van der Waals surface area contributed by atoms with Crippen LogP contribution in [-0.2, 0) is 4.74 Å². The van der Waals surface area contributed by atoms with Crippen LogP contribution in [0.2, 0.25) is 0 Å². The van der Waals surface area contributed by atoms with Crippen LogP contribution in [0.25, 0.3) is 0 Å². The van der Waals surface area contributed by atoms with Gasteiger partial charge in [-0.05, 0) is 30.7 Å². The highest BCUT2D eigenvalue weighted by atomic mass is 19.4. The second-order valence-corrected chi connectivity index (χ2v) is 5.83. The van der Waals surface area contributed by atoms with Gasteiger partial charge in [0.05, 0.1) is 13.2 Å². The Hall–Kier alpha value is -0.330. The summed E-state index contributed by atoms with van der Waals surface area (Å²) in [5.41, 5.74) is -1.35. The van der Waals surface area contributed by atoms with Gasteiger partial charge in [0, 0.05) is 13.1 Å². The summed E-state index contributed by atoms with van der Waals surface area (Å²) >= 11 is 0. The Bertz CT molecular complexity index is 302. The van der Waals surface area contributed by atoms with E-state index in [1.807, 2.05) is 0 Å². The maximum atomic E-state index is 12.8. The number of alkyl halides is 3. The summed E-state index contributed by atoms with van der Waals surface area (Å²) in [6.07, 6.45) is -2.09. The predicted molar refractivity (Wildman–Crippen MR) is 55.6 cm³/mol. The van der Waals surface area contributed by atoms with E-state index in [-0.39, 0.29) is 13.2 Å². The van der Waals surface area contributed by atoms with Crippen LogP contribution in [0.4, 0.5) is 13.2 Å². The van der Waals surface area contributed by atoms with Crippen molar-refractivity contribution in [3.63, 3.8) is 0 Å². The van der Waals surface area contributed by atoms with E-state index in [0.29, 0.717) is 17.9 Å². The minimum atomic E-state index is -4.20. The quantitative estimate of drug-likeness (QED) is 0.781. The van der Waals surface area contributed by atoms with Crippen LogP contribution in [0.15, 0.2) is 0 Å². The molecule has 2 saturated heterocycles. The minimum absolute atomic E-state index is 0.240. The van der Waals surface area contributed by atoms with Crippen LogP contribution in [0.1, 0.15) is 12.8 Å². The molecule has 0 atom stereocenters. The topological polar surface area (TPSA) is 33.3 Å². The Balaban J connectivity index is 1.48. The van der Waals surface area contributed by atoms with Gasteiger partial charge in [-0.2, -0.15) is 13.2 Å². The van der Waals surface area contributed by atoms with Gasteiger partial charge in [-0.3, -0.25) is 5.32 Å². The molecule has 1 spiro atoms. The number of halogens is 3. The molecule has 3 fully saturated rings. The molecule has 98 valence electrons. The molecule has 1 aliphatic carbocycles. The molecule has 0 radical (unpaired) electrons. The van der Waals surface area contributed by atoms with E-state index in [1.165, 1.54) is 0 Å². The summed E-state index contributed by atoms with van der Waals surface area (Å²) in [4.78, 5) is 0. The highest BCUT2D eigenvalue weighted by Crippen LogP contribution is 2.48. The van der Waals surface area contributed by atoms with Gasteiger partial charge < -0.3 is 10.1 Å². The van der Waals surface area contributed by atoms with Crippen molar-refractivity contribution in [3.8, 4) is 0 Å². The Morgan fingerprint density at radius 3 is 2.24 bits per heavy atom. The largest absolute Gasteiger partial charge is 0.411 e. The van der Waals surface area contributed by atoms with Gasteiger partial charge in [-0.15, -0.1) is 0 Å². The van der Waals surface area contributed by atoms with Crippen molar-refractivity contribution in [3.05, 3.63) is 0 Å². The summed E-state index contributed by atoms with van der Waals surface area (Å²) in [5, 5.41) is 5.91. The van der Waals surface area contributed by atoms with Crippen LogP contribution in [0.3, 0.4) is 0 Å². The Kier molecular flexibility index (Phi) is 2.48. The van der Waals surface area contributed by atoms with Crippen molar-refractivity contribution in [1.82, 2.24) is 10.6 Å². The molecule has 0 aromatic rings. The maximum absolute atomic E-state index is 12.8. The maximum Gasteiger partial charge on any atom is 0.411 e. The predicted octanol–water partition coefficient (Wildman–Crippen LogP) is 0.907. The number of rotatable bonds is 3. The molecule has 3 nitrogen and oxygen atoms in total. The molecular weight excluding hydrogens is 233 g/mol. The zero-order chi connectivity index (χ0) is 12.1. The fraction of sp³-hybridized carbons (Fsp3) is 1.00. The molecule has 2 N–H and O–H groups in total. The first kappa shape index (κ1) is 11.7. The highest BCUT2D eigenvalue weighted by Gasteiger charge is 2.60. The summed E-state index contributed by atoms with van der Waals surface area (Å²) in [6.45, 7) is 2.06.